The average Bonchev–Trinajstić information content (AvgIpc) is 2.83. The maximum atomic E-state index is 14.0. The number of nitrogens with two attached hydrogens (primary N) is 1. The van der Waals surface area contributed by atoms with E-state index in [9.17, 15) is 4.39 Å². The van der Waals surface area contributed by atoms with Gasteiger partial charge in [-0.25, -0.2) is 9.07 Å². The topological polar surface area (TPSA) is 43.8 Å². The van der Waals surface area contributed by atoms with Gasteiger partial charge in [-0.1, -0.05) is 33.6 Å². The predicted octanol–water partition coefficient (Wildman–Crippen LogP) is 4.68. The van der Waals surface area contributed by atoms with E-state index in [2.05, 4.69) is 21.0 Å². The van der Waals surface area contributed by atoms with Gasteiger partial charge in [0, 0.05) is 15.1 Å². The van der Waals surface area contributed by atoms with Crippen molar-refractivity contribution in [3.05, 3.63) is 64.0 Å². The van der Waals surface area contributed by atoms with Crippen LogP contribution < -0.4 is 5.73 Å². The number of rotatable bonds is 2. The Morgan fingerprint density at radius 1 is 1.19 bits per heavy atom. The molecule has 0 saturated carbocycles. The van der Waals surface area contributed by atoms with Crippen LogP contribution in [0.2, 0.25) is 5.02 Å². The second-order valence-corrected chi connectivity index (χ2v) is 5.83. The van der Waals surface area contributed by atoms with Crippen LogP contribution in [-0.4, -0.2) is 9.78 Å². The lowest BCUT2D eigenvalue weighted by molar-refractivity contribution is 0.630. The standard InChI is InChI=1S/C15H10BrClFN3/c16-9-4-5-13(18)12(6-9)15-14(19)8-21(20-15)11-3-1-2-10(17)7-11/h1-8H,19H2. The molecule has 0 unspecified atom stereocenters. The van der Waals surface area contributed by atoms with Gasteiger partial charge in [0.1, 0.15) is 11.5 Å². The zero-order valence-corrected chi connectivity index (χ0v) is 13.1. The van der Waals surface area contributed by atoms with Crippen molar-refractivity contribution in [3.63, 3.8) is 0 Å². The Morgan fingerprint density at radius 3 is 2.76 bits per heavy atom. The number of nitrogens with zero attached hydrogens (tertiary/aromatic N) is 2. The molecule has 3 nitrogen and oxygen atoms in total. The summed E-state index contributed by atoms with van der Waals surface area (Å²) in [5.74, 6) is -0.374. The lowest BCUT2D eigenvalue weighted by atomic mass is 10.1. The zero-order valence-electron chi connectivity index (χ0n) is 10.7. The van der Waals surface area contributed by atoms with Crippen LogP contribution in [0.3, 0.4) is 0 Å². The van der Waals surface area contributed by atoms with E-state index in [0.717, 1.165) is 10.2 Å². The summed E-state index contributed by atoms with van der Waals surface area (Å²) < 4.78 is 16.3. The van der Waals surface area contributed by atoms with Crippen LogP contribution >= 0.6 is 27.5 Å². The van der Waals surface area contributed by atoms with E-state index in [4.69, 9.17) is 17.3 Å². The third-order valence-electron chi connectivity index (χ3n) is 3.00. The molecule has 0 aliphatic carbocycles. The molecule has 0 fully saturated rings. The first kappa shape index (κ1) is 14.1. The number of benzene rings is 2. The summed E-state index contributed by atoms with van der Waals surface area (Å²) >= 11 is 9.29. The van der Waals surface area contributed by atoms with Crippen molar-refractivity contribution in [1.82, 2.24) is 9.78 Å². The molecule has 3 rings (SSSR count). The first-order valence-electron chi connectivity index (χ1n) is 6.11. The minimum Gasteiger partial charge on any atom is -0.396 e. The van der Waals surface area contributed by atoms with E-state index in [1.165, 1.54) is 6.07 Å². The summed E-state index contributed by atoms with van der Waals surface area (Å²) in [6.07, 6.45) is 1.64. The molecule has 0 atom stereocenters. The molecule has 6 heteroatoms. The molecular weight excluding hydrogens is 357 g/mol. The van der Waals surface area contributed by atoms with Gasteiger partial charge >= 0.3 is 0 Å². The second kappa shape index (κ2) is 5.50. The highest BCUT2D eigenvalue weighted by Gasteiger charge is 2.14. The highest BCUT2D eigenvalue weighted by atomic mass is 79.9. The van der Waals surface area contributed by atoms with Crippen molar-refractivity contribution in [2.24, 2.45) is 0 Å². The molecular formula is C15H10BrClFN3. The minimum absolute atomic E-state index is 0.350. The Labute approximate surface area is 134 Å². The molecule has 0 amide bonds. The van der Waals surface area contributed by atoms with Crippen molar-refractivity contribution in [2.75, 3.05) is 5.73 Å². The molecule has 0 aliphatic heterocycles. The van der Waals surface area contributed by atoms with E-state index < -0.39 is 0 Å². The maximum absolute atomic E-state index is 14.0. The van der Waals surface area contributed by atoms with E-state index in [1.54, 1.807) is 35.1 Å². The molecule has 21 heavy (non-hydrogen) atoms. The molecule has 1 heterocycles. The number of hydrogen-bond donors (Lipinski definition) is 1. The number of aromatic nitrogens is 2. The van der Waals surface area contributed by atoms with Gasteiger partial charge in [-0.15, -0.1) is 0 Å². The molecule has 0 bridgehead atoms. The van der Waals surface area contributed by atoms with Crippen LogP contribution in [0.25, 0.3) is 16.9 Å². The highest BCUT2D eigenvalue weighted by Crippen LogP contribution is 2.30. The minimum atomic E-state index is -0.374. The van der Waals surface area contributed by atoms with Crippen LogP contribution in [0, 0.1) is 5.82 Å². The Bertz CT molecular complexity index is 816. The quantitative estimate of drug-likeness (QED) is 0.716. The molecule has 106 valence electrons. The van der Waals surface area contributed by atoms with E-state index >= 15 is 0 Å². The average molecular weight is 367 g/mol. The molecule has 3 aromatic rings. The Morgan fingerprint density at radius 2 is 2.00 bits per heavy atom. The van der Waals surface area contributed by atoms with Gasteiger partial charge in [-0.05, 0) is 36.4 Å². The number of nitrogen functional groups attached to an aromatic ring is 1. The largest absolute Gasteiger partial charge is 0.396 e. The molecule has 2 N–H and O–H groups in total. The molecule has 0 radical (unpaired) electrons. The molecule has 0 spiro atoms. The summed E-state index contributed by atoms with van der Waals surface area (Å²) in [4.78, 5) is 0. The van der Waals surface area contributed by atoms with Crippen LogP contribution in [-0.2, 0) is 0 Å². The smallest absolute Gasteiger partial charge is 0.132 e. The third-order valence-corrected chi connectivity index (χ3v) is 3.73. The molecule has 0 aliphatic rings. The monoisotopic (exact) mass is 365 g/mol. The van der Waals surface area contributed by atoms with Crippen LogP contribution in [0.5, 0.6) is 0 Å². The summed E-state index contributed by atoms with van der Waals surface area (Å²) in [5, 5.41) is 4.96. The fourth-order valence-electron chi connectivity index (χ4n) is 2.03. The fraction of sp³-hybridized carbons (Fsp3) is 0. The van der Waals surface area contributed by atoms with Crippen molar-refractivity contribution < 1.29 is 4.39 Å². The fourth-order valence-corrected chi connectivity index (χ4v) is 2.57. The first-order chi connectivity index (χ1) is 10.0. The second-order valence-electron chi connectivity index (χ2n) is 4.48. The summed E-state index contributed by atoms with van der Waals surface area (Å²) in [6, 6.07) is 11.8. The van der Waals surface area contributed by atoms with E-state index in [-0.39, 0.29) is 5.82 Å². The van der Waals surface area contributed by atoms with Crippen LogP contribution in [0.1, 0.15) is 0 Å². The van der Waals surface area contributed by atoms with Gasteiger partial charge in [-0.3, -0.25) is 0 Å². The van der Waals surface area contributed by atoms with Gasteiger partial charge in [0.15, 0.2) is 0 Å². The number of halogens is 3. The van der Waals surface area contributed by atoms with Gasteiger partial charge in [0.05, 0.1) is 17.6 Å². The summed E-state index contributed by atoms with van der Waals surface area (Å²) in [6.45, 7) is 0. The highest BCUT2D eigenvalue weighted by molar-refractivity contribution is 9.10. The Balaban J connectivity index is 2.12. The number of anilines is 1. The zero-order chi connectivity index (χ0) is 15.0. The molecule has 1 aromatic heterocycles. The van der Waals surface area contributed by atoms with Crippen molar-refractivity contribution >= 4 is 33.2 Å². The van der Waals surface area contributed by atoms with Gasteiger partial charge in [0.2, 0.25) is 0 Å². The van der Waals surface area contributed by atoms with Gasteiger partial charge in [-0.2, -0.15) is 5.10 Å². The normalized spacial score (nSPS) is 10.8. The Kier molecular flexibility index (Phi) is 3.69. The molecule has 0 saturated heterocycles. The molecule has 2 aromatic carbocycles. The lowest BCUT2D eigenvalue weighted by Crippen LogP contribution is -1.95. The Hall–Kier alpha value is -1.85. The van der Waals surface area contributed by atoms with Gasteiger partial charge < -0.3 is 5.73 Å². The maximum Gasteiger partial charge on any atom is 0.132 e. The lowest BCUT2D eigenvalue weighted by Gasteiger charge is -2.03. The van der Waals surface area contributed by atoms with E-state index in [1.807, 2.05) is 12.1 Å². The summed E-state index contributed by atoms with van der Waals surface area (Å²) in [7, 11) is 0. The summed E-state index contributed by atoms with van der Waals surface area (Å²) in [5.41, 5.74) is 7.87. The SMILES string of the molecule is Nc1cn(-c2cccc(Cl)c2)nc1-c1cc(Br)ccc1F. The van der Waals surface area contributed by atoms with Crippen molar-refractivity contribution in [1.29, 1.82) is 0 Å². The van der Waals surface area contributed by atoms with E-state index in [0.29, 0.717) is 22.0 Å². The van der Waals surface area contributed by atoms with Crippen LogP contribution in [0.4, 0.5) is 10.1 Å². The number of hydrogen-bond acceptors (Lipinski definition) is 2. The van der Waals surface area contributed by atoms with Gasteiger partial charge in [0.25, 0.3) is 0 Å². The predicted molar refractivity (Wildman–Crippen MR) is 86.1 cm³/mol. The van der Waals surface area contributed by atoms with Crippen molar-refractivity contribution in [2.45, 2.75) is 0 Å². The first-order valence-corrected chi connectivity index (χ1v) is 7.28. The van der Waals surface area contributed by atoms with Crippen LogP contribution in [0.15, 0.2) is 53.1 Å². The van der Waals surface area contributed by atoms with Crippen molar-refractivity contribution in [3.8, 4) is 16.9 Å². The third kappa shape index (κ3) is 2.80.